The van der Waals surface area contributed by atoms with Crippen LogP contribution < -0.4 is 0 Å². The van der Waals surface area contributed by atoms with Crippen LogP contribution in [0.3, 0.4) is 0 Å². The number of benzene rings is 2. The van der Waals surface area contributed by atoms with Gasteiger partial charge in [0, 0.05) is 6.54 Å². The summed E-state index contributed by atoms with van der Waals surface area (Å²) in [6, 6.07) is 12.8. The van der Waals surface area contributed by atoms with Gasteiger partial charge in [-0.2, -0.15) is 0 Å². The summed E-state index contributed by atoms with van der Waals surface area (Å²) in [4.78, 5) is 25.2. The lowest BCUT2D eigenvalue weighted by Crippen LogP contribution is -2.53. The molecule has 0 saturated carbocycles. The standard InChI is InChI=1S/C17H17NO4/c19-16(18-8-9-22-11-15(18)17(20)21)10-13-6-3-5-12-4-1-2-7-14(12)13/h1-7,15H,8-11H2,(H,20,21). The number of nitrogens with zero attached hydrogens (tertiary/aromatic N) is 1. The molecule has 0 bridgehead atoms. The summed E-state index contributed by atoms with van der Waals surface area (Å²) in [5.41, 5.74) is 0.915. The quantitative estimate of drug-likeness (QED) is 0.936. The lowest BCUT2D eigenvalue weighted by Gasteiger charge is -2.33. The summed E-state index contributed by atoms with van der Waals surface area (Å²) in [5, 5.41) is 11.3. The zero-order chi connectivity index (χ0) is 15.5. The third-order valence-electron chi connectivity index (χ3n) is 3.96. The summed E-state index contributed by atoms with van der Waals surface area (Å²) in [6.07, 6.45) is 0.200. The van der Waals surface area contributed by atoms with E-state index in [0.29, 0.717) is 13.2 Å². The van der Waals surface area contributed by atoms with E-state index in [4.69, 9.17) is 4.74 Å². The Bertz CT molecular complexity index is 707. The van der Waals surface area contributed by atoms with Crippen molar-refractivity contribution in [1.29, 1.82) is 0 Å². The van der Waals surface area contributed by atoms with Crippen LogP contribution in [-0.4, -0.2) is 47.7 Å². The molecule has 1 heterocycles. The van der Waals surface area contributed by atoms with Crippen LogP contribution in [0.2, 0.25) is 0 Å². The van der Waals surface area contributed by atoms with E-state index in [1.807, 2.05) is 42.5 Å². The molecule has 5 nitrogen and oxygen atoms in total. The van der Waals surface area contributed by atoms with Gasteiger partial charge in [0.2, 0.25) is 5.91 Å². The molecule has 1 unspecified atom stereocenters. The van der Waals surface area contributed by atoms with Gasteiger partial charge in [-0.05, 0) is 16.3 Å². The number of rotatable bonds is 3. The summed E-state index contributed by atoms with van der Waals surface area (Å²) in [7, 11) is 0. The van der Waals surface area contributed by atoms with Crippen molar-refractivity contribution < 1.29 is 19.4 Å². The van der Waals surface area contributed by atoms with E-state index in [0.717, 1.165) is 16.3 Å². The lowest BCUT2D eigenvalue weighted by molar-refractivity contribution is -0.157. The predicted molar refractivity (Wildman–Crippen MR) is 81.6 cm³/mol. The molecule has 2 aromatic carbocycles. The van der Waals surface area contributed by atoms with Gasteiger partial charge in [0.25, 0.3) is 0 Å². The third kappa shape index (κ3) is 2.80. The summed E-state index contributed by atoms with van der Waals surface area (Å²) in [6.45, 7) is 0.752. The molecule has 114 valence electrons. The summed E-state index contributed by atoms with van der Waals surface area (Å²) in [5.74, 6) is -1.20. The van der Waals surface area contributed by atoms with E-state index < -0.39 is 12.0 Å². The Morgan fingerprint density at radius 2 is 1.95 bits per heavy atom. The van der Waals surface area contributed by atoms with E-state index >= 15 is 0 Å². The molecule has 1 aliphatic heterocycles. The molecule has 22 heavy (non-hydrogen) atoms. The second-order valence-electron chi connectivity index (χ2n) is 5.33. The molecule has 5 heteroatoms. The molecule has 1 N–H and O–H groups in total. The molecule has 2 aromatic rings. The minimum absolute atomic E-state index is 0.0522. The van der Waals surface area contributed by atoms with Crippen LogP contribution >= 0.6 is 0 Å². The van der Waals surface area contributed by atoms with Gasteiger partial charge in [-0.15, -0.1) is 0 Å². The van der Waals surface area contributed by atoms with Crippen molar-refractivity contribution >= 4 is 22.6 Å². The minimum Gasteiger partial charge on any atom is -0.480 e. The number of morpholine rings is 1. The third-order valence-corrected chi connectivity index (χ3v) is 3.96. The maximum atomic E-state index is 12.5. The Morgan fingerprint density at radius 3 is 2.77 bits per heavy atom. The van der Waals surface area contributed by atoms with Crippen LogP contribution in [0.15, 0.2) is 42.5 Å². The topological polar surface area (TPSA) is 66.8 Å². The van der Waals surface area contributed by atoms with Crippen molar-refractivity contribution in [2.24, 2.45) is 0 Å². The van der Waals surface area contributed by atoms with Crippen molar-refractivity contribution in [3.05, 3.63) is 48.0 Å². The van der Waals surface area contributed by atoms with E-state index in [2.05, 4.69) is 0 Å². The number of ether oxygens (including phenoxy) is 1. The largest absolute Gasteiger partial charge is 0.480 e. The number of amides is 1. The summed E-state index contributed by atoms with van der Waals surface area (Å²) < 4.78 is 5.17. The number of hydrogen-bond acceptors (Lipinski definition) is 3. The SMILES string of the molecule is O=C(O)C1COCCN1C(=O)Cc1cccc2ccccc12. The fourth-order valence-corrected chi connectivity index (χ4v) is 2.82. The smallest absolute Gasteiger partial charge is 0.328 e. The van der Waals surface area contributed by atoms with Crippen LogP contribution in [0, 0.1) is 0 Å². The van der Waals surface area contributed by atoms with Gasteiger partial charge in [-0.25, -0.2) is 4.79 Å². The van der Waals surface area contributed by atoms with Crippen LogP contribution in [0.1, 0.15) is 5.56 Å². The number of carbonyl (C=O) groups excluding carboxylic acids is 1. The van der Waals surface area contributed by atoms with Gasteiger partial charge in [-0.3, -0.25) is 4.79 Å². The maximum absolute atomic E-state index is 12.5. The van der Waals surface area contributed by atoms with Crippen molar-refractivity contribution in [2.45, 2.75) is 12.5 Å². The Kier molecular flexibility index (Phi) is 4.06. The van der Waals surface area contributed by atoms with Gasteiger partial charge in [0.15, 0.2) is 6.04 Å². The van der Waals surface area contributed by atoms with Gasteiger partial charge in [-0.1, -0.05) is 42.5 Å². The molecular formula is C17H17NO4. The van der Waals surface area contributed by atoms with Crippen molar-refractivity contribution in [3.63, 3.8) is 0 Å². The Labute approximate surface area is 128 Å². The van der Waals surface area contributed by atoms with Crippen LogP contribution in [0.25, 0.3) is 10.8 Å². The van der Waals surface area contributed by atoms with E-state index in [9.17, 15) is 14.7 Å². The van der Waals surface area contributed by atoms with Crippen molar-refractivity contribution in [3.8, 4) is 0 Å². The first-order valence-electron chi connectivity index (χ1n) is 7.23. The molecule has 1 atom stereocenters. The maximum Gasteiger partial charge on any atom is 0.328 e. The van der Waals surface area contributed by atoms with Crippen molar-refractivity contribution in [1.82, 2.24) is 4.90 Å². The highest BCUT2D eigenvalue weighted by Crippen LogP contribution is 2.20. The van der Waals surface area contributed by atoms with Crippen molar-refractivity contribution in [2.75, 3.05) is 19.8 Å². The highest BCUT2D eigenvalue weighted by Gasteiger charge is 2.32. The van der Waals surface area contributed by atoms with Gasteiger partial charge >= 0.3 is 5.97 Å². The second kappa shape index (κ2) is 6.15. The molecule has 1 fully saturated rings. The number of fused-ring (bicyclic) bond motifs is 1. The molecule has 0 aromatic heterocycles. The number of carboxylic acid groups (broad SMARTS) is 1. The number of carbonyl (C=O) groups is 2. The first-order chi connectivity index (χ1) is 10.7. The highest BCUT2D eigenvalue weighted by molar-refractivity contribution is 5.91. The molecule has 1 aliphatic rings. The fraction of sp³-hybridized carbons (Fsp3) is 0.294. The molecule has 0 spiro atoms. The Hall–Kier alpha value is -2.40. The Balaban J connectivity index is 1.85. The highest BCUT2D eigenvalue weighted by atomic mass is 16.5. The predicted octanol–water partition coefficient (Wildman–Crippen LogP) is 1.69. The average molecular weight is 299 g/mol. The molecule has 1 saturated heterocycles. The zero-order valence-electron chi connectivity index (χ0n) is 12.1. The number of aliphatic carboxylic acids is 1. The lowest BCUT2D eigenvalue weighted by atomic mass is 10.0. The van der Waals surface area contributed by atoms with Crippen LogP contribution in [0.4, 0.5) is 0 Å². The first-order valence-corrected chi connectivity index (χ1v) is 7.23. The first kappa shape index (κ1) is 14.5. The molecule has 0 radical (unpaired) electrons. The zero-order valence-corrected chi connectivity index (χ0v) is 12.1. The van der Waals surface area contributed by atoms with Gasteiger partial charge in [0.05, 0.1) is 19.6 Å². The monoisotopic (exact) mass is 299 g/mol. The molecule has 3 rings (SSSR count). The summed E-state index contributed by atoms with van der Waals surface area (Å²) >= 11 is 0. The fourth-order valence-electron chi connectivity index (χ4n) is 2.82. The van der Waals surface area contributed by atoms with E-state index in [1.54, 1.807) is 0 Å². The average Bonchev–Trinajstić information content (AvgIpc) is 2.55. The van der Waals surface area contributed by atoms with Gasteiger partial charge in [0.1, 0.15) is 0 Å². The molecular weight excluding hydrogens is 282 g/mol. The van der Waals surface area contributed by atoms with E-state index in [1.165, 1.54) is 4.90 Å². The second-order valence-corrected chi connectivity index (χ2v) is 5.33. The Morgan fingerprint density at radius 1 is 1.18 bits per heavy atom. The van der Waals surface area contributed by atoms with Crippen LogP contribution in [0.5, 0.6) is 0 Å². The molecule has 0 aliphatic carbocycles. The van der Waals surface area contributed by atoms with Gasteiger partial charge < -0.3 is 14.7 Å². The normalized spacial score (nSPS) is 18.4. The van der Waals surface area contributed by atoms with Crippen LogP contribution in [-0.2, 0) is 20.7 Å². The molecule has 1 amide bonds. The van der Waals surface area contributed by atoms with E-state index in [-0.39, 0.29) is 18.9 Å². The number of carboxylic acids is 1. The minimum atomic E-state index is -1.02. The number of hydrogen-bond donors (Lipinski definition) is 1.